The van der Waals surface area contributed by atoms with Gasteiger partial charge in [0.2, 0.25) is 17.6 Å². The molecule has 0 atom stereocenters. The van der Waals surface area contributed by atoms with E-state index in [0.29, 0.717) is 17.9 Å². The van der Waals surface area contributed by atoms with Crippen LogP contribution in [0.15, 0.2) is 30.3 Å². The summed E-state index contributed by atoms with van der Waals surface area (Å²) in [5, 5.41) is 1.16. The average Bonchev–Trinajstić information content (AvgIpc) is 3.07. The Labute approximate surface area is 186 Å². The number of benzene rings is 1. The predicted octanol–water partition coefficient (Wildman–Crippen LogP) is 2.34. The van der Waals surface area contributed by atoms with Crippen LogP contribution in [0.5, 0.6) is 0 Å². The fourth-order valence-electron chi connectivity index (χ4n) is 3.62. The fraction of sp³-hybridized carbons (Fsp3) is 0.391. The molecule has 1 aromatic heterocycles. The molecule has 0 radical (unpaired) electrons. The number of hydrazine groups is 1. The van der Waals surface area contributed by atoms with Crippen molar-refractivity contribution in [1.82, 2.24) is 9.99 Å². The maximum Gasteiger partial charge on any atom is 0.338 e. The van der Waals surface area contributed by atoms with E-state index in [-0.39, 0.29) is 42.6 Å². The van der Waals surface area contributed by atoms with Crippen molar-refractivity contribution < 1.29 is 28.7 Å². The summed E-state index contributed by atoms with van der Waals surface area (Å²) in [5.74, 6) is -1.40. The number of rotatable bonds is 9. The monoisotopic (exact) mass is 441 g/mol. The number of carbonyl (C=O) groups is 4. The molecule has 0 unspecified atom stereocenters. The van der Waals surface area contributed by atoms with Gasteiger partial charge in [-0.2, -0.15) is 0 Å². The van der Waals surface area contributed by atoms with E-state index in [2.05, 4.69) is 5.43 Å². The van der Waals surface area contributed by atoms with Crippen LogP contribution in [0.25, 0.3) is 0 Å². The van der Waals surface area contributed by atoms with Gasteiger partial charge in [0.25, 0.3) is 0 Å². The van der Waals surface area contributed by atoms with Crippen molar-refractivity contribution >= 4 is 29.3 Å². The first kappa shape index (κ1) is 23.2. The molecule has 1 N–H and O–H groups in total. The number of aryl methyl sites for hydroxylation is 1. The third-order valence-corrected chi connectivity index (χ3v) is 5.35. The third kappa shape index (κ3) is 5.23. The van der Waals surface area contributed by atoms with Crippen molar-refractivity contribution in [1.29, 1.82) is 0 Å². The Morgan fingerprint density at radius 2 is 1.81 bits per heavy atom. The number of ether oxygens (including phenoxy) is 2. The molecule has 2 heterocycles. The zero-order valence-electron chi connectivity index (χ0n) is 18.5. The van der Waals surface area contributed by atoms with Crippen LogP contribution < -0.4 is 10.4 Å². The normalized spacial score (nSPS) is 13.8. The lowest BCUT2D eigenvalue weighted by Crippen LogP contribution is -2.50. The molecule has 1 saturated heterocycles. The van der Waals surface area contributed by atoms with Crippen molar-refractivity contribution in [3.8, 4) is 0 Å². The second kappa shape index (κ2) is 10.2. The van der Waals surface area contributed by atoms with Crippen LogP contribution in [-0.4, -0.2) is 48.5 Å². The molecule has 1 aliphatic heterocycles. The first-order valence-electron chi connectivity index (χ1n) is 10.4. The van der Waals surface area contributed by atoms with Gasteiger partial charge in [-0.3, -0.25) is 19.8 Å². The summed E-state index contributed by atoms with van der Waals surface area (Å²) < 4.78 is 12.3. The van der Waals surface area contributed by atoms with E-state index in [1.54, 1.807) is 13.2 Å². The topological polar surface area (TPSA) is 107 Å². The Hall–Kier alpha value is -3.46. The lowest BCUT2D eigenvalue weighted by atomic mass is 10.1. The second-order valence-electron chi connectivity index (χ2n) is 7.59. The first-order chi connectivity index (χ1) is 15.3. The Balaban J connectivity index is 1.60. The molecule has 0 saturated carbocycles. The predicted molar refractivity (Wildman–Crippen MR) is 116 cm³/mol. The van der Waals surface area contributed by atoms with E-state index >= 15 is 0 Å². The van der Waals surface area contributed by atoms with Crippen LogP contribution in [0.3, 0.4) is 0 Å². The van der Waals surface area contributed by atoms with Gasteiger partial charge in [-0.25, -0.2) is 9.80 Å². The molecule has 9 heteroatoms. The number of methoxy groups -OCH3 is 1. The van der Waals surface area contributed by atoms with E-state index in [9.17, 15) is 19.2 Å². The SMILES string of the molecule is COCCCn1c(C)cc(C(=O)COC(=O)c2ccc(N3NC(=O)CCC3=O)cc2)c1C. The number of nitrogens with zero attached hydrogens (tertiary/aromatic N) is 2. The minimum Gasteiger partial charge on any atom is -0.454 e. The van der Waals surface area contributed by atoms with Crippen molar-refractivity contribution in [2.75, 3.05) is 25.3 Å². The summed E-state index contributed by atoms with van der Waals surface area (Å²) in [6, 6.07) is 7.85. The molecule has 1 aromatic carbocycles. The van der Waals surface area contributed by atoms with Crippen LogP contribution in [0, 0.1) is 13.8 Å². The molecule has 0 aliphatic carbocycles. The highest BCUT2D eigenvalue weighted by Crippen LogP contribution is 2.19. The highest BCUT2D eigenvalue weighted by atomic mass is 16.5. The number of ketones is 1. The van der Waals surface area contributed by atoms with Crippen LogP contribution in [-0.2, 0) is 25.6 Å². The van der Waals surface area contributed by atoms with Crippen molar-refractivity contribution in [3.05, 3.63) is 52.8 Å². The fourth-order valence-corrected chi connectivity index (χ4v) is 3.62. The first-order valence-corrected chi connectivity index (χ1v) is 10.4. The van der Waals surface area contributed by atoms with E-state index in [1.807, 2.05) is 18.4 Å². The molecule has 0 bridgehead atoms. The van der Waals surface area contributed by atoms with Crippen molar-refractivity contribution in [3.63, 3.8) is 0 Å². The van der Waals surface area contributed by atoms with Gasteiger partial charge in [0, 0.05) is 50.1 Å². The molecule has 170 valence electrons. The highest BCUT2D eigenvalue weighted by Gasteiger charge is 2.24. The minimum absolute atomic E-state index is 0.130. The van der Waals surface area contributed by atoms with Gasteiger partial charge < -0.3 is 14.0 Å². The smallest absolute Gasteiger partial charge is 0.338 e. The summed E-state index contributed by atoms with van der Waals surface area (Å²) in [6.45, 7) is 4.80. The molecule has 0 spiro atoms. The molecule has 9 nitrogen and oxygen atoms in total. The number of carbonyl (C=O) groups excluding carboxylic acids is 4. The van der Waals surface area contributed by atoms with Gasteiger partial charge in [-0.05, 0) is 50.6 Å². The van der Waals surface area contributed by atoms with Gasteiger partial charge in [-0.15, -0.1) is 0 Å². The summed E-state index contributed by atoms with van der Waals surface area (Å²) in [5.41, 5.74) is 5.49. The summed E-state index contributed by atoms with van der Waals surface area (Å²) in [7, 11) is 1.65. The van der Waals surface area contributed by atoms with Gasteiger partial charge in [-0.1, -0.05) is 0 Å². The minimum atomic E-state index is -0.646. The quantitative estimate of drug-likeness (QED) is 0.364. The van der Waals surface area contributed by atoms with Crippen LogP contribution in [0.2, 0.25) is 0 Å². The molecule has 2 aromatic rings. The number of esters is 1. The Bertz CT molecular complexity index is 1030. The maximum atomic E-state index is 12.6. The molecule has 3 rings (SSSR count). The lowest BCUT2D eigenvalue weighted by molar-refractivity contribution is -0.130. The van der Waals surface area contributed by atoms with Crippen LogP contribution in [0.1, 0.15) is 51.4 Å². The van der Waals surface area contributed by atoms with Gasteiger partial charge in [0.15, 0.2) is 6.61 Å². The number of nitrogens with one attached hydrogen (secondary N) is 1. The third-order valence-electron chi connectivity index (χ3n) is 5.35. The Kier molecular flexibility index (Phi) is 7.42. The lowest BCUT2D eigenvalue weighted by Gasteiger charge is -2.27. The van der Waals surface area contributed by atoms with Crippen LogP contribution >= 0.6 is 0 Å². The standard InChI is InChI=1S/C23H27N3O6/c1-15-13-19(16(2)25(15)11-4-12-31-3)20(27)14-32-23(30)17-5-7-18(8-6-17)26-22(29)10-9-21(28)24-26/h5-8,13H,4,9-12,14H2,1-3H3,(H,24,28). The van der Waals surface area contributed by atoms with Gasteiger partial charge >= 0.3 is 5.97 Å². The summed E-state index contributed by atoms with van der Waals surface area (Å²) in [4.78, 5) is 48.5. The number of aromatic nitrogens is 1. The number of anilines is 1. The molecule has 32 heavy (non-hydrogen) atoms. The molecular formula is C23H27N3O6. The second-order valence-corrected chi connectivity index (χ2v) is 7.59. The van der Waals surface area contributed by atoms with Gasteiger partial charge in [0.05, 0.1) is 11.3 Å². The van der Waals surface area contributed by atoms with E-state index in [0.717, 1.165) is 29.4 Å². The Morgan fingerprint density at radius 3 is 2.50 bits per heavy atom. The molecular weight excluding hydrogens is 414 g/mol. The maximum absolute atomic E-state index is 12.6. The molecule has 2 amide bonds. The average molecular weight is 441 g/mol. The van der Waals surface area contributed by atoms with E-state index in [1.165, 1.54) is 24.3 Å². The zero-order valence-corrected chi connectivity index (χ0v) is 18.5. The molecule has 1 fully saturated rings. The zero-order chi connectivity index (χ0) is 23.3. The van der Waals surface area contributed by atoms with Crippen molar-refractivity contribution in [2.45, 2.75) is 39.7 Å². The summed E-state index contributed by atoms with van der Waals surface area (Å²) >= 11 is 0. The number of hydrogen-bond donors (Lipinski definition) is 1. The number of Topliss-reactive ketones (excluding diaryl/α,β-unsaturated/α-hetero) is 1. The van der Waals surface area contributed by atoms with E-state index in [4.69, 9.17) is 9.47 Å². The summed E-state index contributed by atoms with van der Waals surface area (Å²) in [6.07, 6.45) is 1.12. The molecule has 1 aliphatic rings. The van der Waals surface area contributed by atoms with E-state index < -0.39 is 5.97 Å². The number of amides is 2. The van der Waals surface area contributed by atoms with Crippen molar-refractivity contribution in [2.24, 2.45) is 0 Å². The largest absolute Gasteiger partial charge is 0.454 e. The Morgan fingerprint density at radius 1 is 1.09 bits per heavy atom. The highest BCUT2D eigenvalue weighted by molar-refractivity contribution is 6.02. The number of hydrogen-bond acceptors (Lipinski definition) is 6. The van der Waals surface area contributed by atoms with Crippen LogP contribution in [0.4, 0.5) is 5.69 Å². The van der Waals surface area contributed by atoms with Gasteiger partial charge in [0.1, 0.15) is 0 Å².